The van der Waals surface area contributed by atoms with Gasteiger partial charge in [-0.2, -0.15) is 0 Å². The molecule has 2 fully saturated rings. The van der Waals surface area contributed by atoms with Crippen LogP contribution in [0.2, 0.25) is 0 Å². The standard InChI is InChI=1S/C17H19BrN2O3/c1-11-5-2-3-8-17(11)15(22)20(16(23)19-17)10-14(21)12-6-4-7-13(18)9-12/h4,6-7,9,11H,2-3,5,8,10H2,1H3,(H,19,23)/t11-,17+/m1/s1. The van der Waals surface area contributed by atoms with E-state index in [9.17, 15) is 14.4 Å². The zero-order valence-electron chi connectivity index (χ0n) is 13.0. The van der Waals surface area contributed by atoms with E-state index in [0.717, 1.165) is 28.6 Å². The highest BCUT2D eigenvalue weighted by molar-refractivity contribution is 9.10. The van der Waals surface area contributed by atoms with Crippen LogP contribution in [0.25, 0.3) is 0 Å². The fraction of sp³-hybridized carbons (Fsp3) is 0.471. The zero-order valence-corrected chi connectivity index (χ0v) is 14.6. The van der Waals surface area contributed by atoms with Gasteiger partial charge in [-0.25, -0.2) is 4.79 Å². The van der Waals surface area contributed by atoms with E-state index in [2.05, 4.69) is 21.2 Å². The van der Waals surface area contributed by atoms with Gasteiger partial charge in [-0.15, -0.1) is 0 Å². The van der Waals surface area contributed by atoms with Gasteiger partial charge in [0.05, 0.1) is 6.54 Å². The minimum atomic E-state index is -0.813. The first kappa shape index (κ1) is 16.2. The molecule has 1 saturated carbocycles. The number of nitrogens with zero attached hydrogens (tertiary/aromatic N) is 1. The van der Waals surface area contributed by atoms with E-state index in [4.69, 9.17) is 0 Å². The Morgan fingerprint density at radius 3 is 2.87 bits per heavy atom. The third-order valence-corrected chi connectivity index (χ3v) is 5.44. The highest BCUT2D eigenvalue weighted by Gasteiger charge is 2.55. The average molecular weight is 379 g/mol. The van der Waals surface area contributed by atoms with Crippen molar-refractivity contribution >= 4 is 33.7 Å². The van der Waals surface area contributed by atoms with Gasteiger partial charge in [0.15, 0.2) is 5.78 Å². The molecule has 5 nitrogen and oxygen atoms in total. The van der Waals surface area contributed by atoms with Crippen LogP contribution < -0.4 is 5.32 Å². The van der Waals surface area contributed by atoms with Crippen molar-refractivity contribution in [3.8, 4) is 0 Å². The van der Waals surface area contributed by atoms with E-state index in [0.29, 0.717) is 12.0 Å². The zero-order chi connectivity index (χ0) is 16.6. The molecule has 1 saturated heterocycles. The predicted molar refractivity (Wildman–Crippen MR) is 89.1 cm³/mol. The number of ketones is 1. The summed E-state index contributed by atoms with van der Waals surface area (Å²) in [7, 11) is 0. The summed E-state index contributed by atoms with van der Waals surface area (Å²) in [6.45, 7) is 1.78. The molecule has 1 aromatic carbocycles. The van der Waals surface area contributed by atoms with Crippen LogP contribution >= 0.6 is 15.9 Å². The number of nitrogens with one attached hydrogen (secondary N) is 1. The van der Waals surface area contributed by atoms with Crippen molar-refractivity contribution in [2.45, 2.75) is 38.1 Å². The summed E-state index contributed by atoms with van der Waals surface area (Å²) in [5, 5.41) is 2.86. The number of halogens is 1. The normalized spacial score (nSPS) is 27.4. The van der Waals surface area contributed by atoms with E-state index < -0.39 is 11.6 Å². The average Bonchev–Trinajstić information content (AvgIpc) is 2.75. The van der Waals surface area contributed by atoms with Gasteiger partial charge >= 0.3 is 6.03 Å². The van der Waals surface area contributed by atoms with E-state index in [-0.39, 0.29) is 24.2 Å². The van der Waals surface area contributed by atoms with Crippen LogP contribution in [0.15, 0.2) is 28.7 Å². The molecule has 1 aliphatic carbocycles. The largest absolute Gasteiger partial charge is 0.325 e. The Kier molecular flexibility index (Phi) is 4.27. The van der Waals surface area contributed by atoms with Gasteiger partial charge in [0.25, 0.3) is 5.91 Å². The van der Waals surface area contributed by atoms with E-state index in [1.807, 2.05) is 13.0 Å². The monoisotopic (exact) mass is 378 g/mol. The highest BCUT2D eigenvalue weighted by atomic mass is 79.9. The molecular formula is C17H19BrN2O3. The molecule has 1 aromatic rings. The molecule has 0 radical (unpaired) electrons. The molecule has 1 N–H and O–H groups in total. The third kappa shape index (κ3) is 2.80. The fourth-order valence-corrected chi connectivity index (χ4v) is 3.94. The third-order valence-electron chi connectivity index (χ3n) is 4.95. The molecule has 1 aliphatic heterocycles. The number of amides is 3. The minimum absolute atomic E-state index is 0.0960. The number of hydrogen-bond donors (Lipinski definition) is 1. The SMILES string of the molecule is C[C@@H]1CCCC[C@]12NC(=O)N(CC(=O)c1cccc(Br)c1)C2=O. The topological polar surface area (TPSA) is 66.5 Å². The molecule has 0 bridgehead atoms. The van der Waals surface area contributed by atoms with Crippen molar-refractivity contribution in [3.63, 3.8) is 0 Å². The van der Waals surface area contributed by atoms with Gasteiger partial charge in [-0.05, 0) is 30.9 Å². The minimum Gasteiger partial charge on any atom is -0.323 e. The highest BCUT2D eigenvalue weighted by Crippen LogP contribution is 2.38. The van der Waals surface area contributed by atoms with Crippen molar-refractivity contribution < 1.29 is 14.4 Å². The molecule has 2 aliphatic rings. The van der Waals surface area contributed by atoms with E-state index in [1.165, 1.54) is 0 Å². The number of carbonyl (C=O) groups is 3. The summed E-state index contributed by atoms with van der Waals surface area (Å²) < 4.78 is 0.790. The van der Waals surface area contributed by atoms with Crippen LogP contribution in [0.4, 0.5) is 4.79 Å². The molecule has 3 amide bonds. The number of hydrogen-bond acceptors (Lipinski definition) is 3. The summed E-state index contributed by atoms with van der Waals surface area (Å²) in [6.07, 6.45) is 3.56. The first-order valence-corrected chi connectivity index (χ1v) is 8.66. The molecule has 1 spiro atoms. The van der Waals surface area contributed by atoms with Gasteiger partial charge in [0.2, 0.25) is 0 Å². The first-order chi connectivity index (χ1) is 10.9. The lowest BCUT2D eigenvalue weighted by Crippen LogP contribution is -2.54. The van der Waals surface area contributed by atoms with Crippen molar-refractivity contribution in [3.05, 3.63) is 34.3 Å². The number of benzene rings is 1. The van der Waals surface area contributed by atoms with E-state index in [1.54, 1.807) is 18.2 Å². The lowest BCUT2D eigenvalue weighted by Gasteiger charge is -2.36. The molecule has 23 heavy (non-hydrogen) atoms. The summed E-state index contributed by atoms with van der Waals surface area (Å²) >= 11 is 3.32. The molecular weight excluding hydrogens is 360 g/mol. The second-order valence-corrected chi connectivity index (χ2v) is 7.29. The van der Waals surface area contributed by atoms with Crippen molar-refractivity contribution in [2.75, 3.05) is 6.54 Å². The molecule has 0 aromatic heterocycles. The Hall–Kier alpha value is -1.69. The Morgan fingerprint density at radius 1 is 1.39 bits per heavy atom. The summed E-state index contributed by atoms with van der Waals surface area (Å²) in [5.74, 6) is -0.396. The molecule has 1 heterocycles. The lowest BCUT2D eigenvalue weighted by molar-refractivity contribution is -0.133. The van der Waals surface area contributed by atoms with Gasteiger partial charge in [-0.3, -0.25) is 14.5 Å². The molecule has 0 unspecified atom stereocenters. The maximum Gasteiger partial charge on any atom is 0.325 e. The quantitative estimate of drug-likeness (QED) is 0.648. The van der Waals surface area contributed by atoms with Crippen LogP contribution in [0.1, 0.15) is 43.0 Å². The van der Waals surface area contributed by atoms with Crippen LogP contribution in [-0.2, 0) is 4.79 Å². The molecule has 2 atom stereocenters. The predicted octanol–water partition coefficient (Wildman–Crippen LogP) is 3.13. The Bertz CT molecular complexity index is 676. The van der Waals surface area contributed by atoms with Gasteiger partial charge < -0.3 is 5.32 Å². The summed E-state index contributed by atoms with van der Waals surface area (Å²) in [5.41, 5.74) is -0.329. The van der Waals surface area contributed by atoms with E-state index >= 15 is 0 Å². The lowest BCUT2D eigenvalue weighted by atomic mass is 9.73. The second-order valence-electron chi connectivity index (χ2n) is 6.37. The Labute approximate surface area is 143 Å². The van der Waals surface area contributed by atoms with Crippen LogP contribution in [0.3, 0.4) is 0 Å². The maximum absolute atomic E-state index is 12.8. The molecule has 6 heteroatoms. The summed E-state index contributed by atoms with van der Waals surface area (Å²) in [4.78, 5) is 38.6. The Morgan fingerprint density at radius 2 is 2.17 bits per heavy atom. The number of carbonyl (C=O) groups excluding carboxylic acids is 3. The van der Waals surface area contributed by atoms with Crippen molar-refractivity contribution in [1.29, 1.82) is 0 Å². The van der Waals surface area contributed by atoms with Gasteiger partial charge in [0, 0.05) is 10.0 Å². The summed E-state index contributed by atoms with van der Waals surface area (Å²) in [6, 6.07) is 6.51. The number of urea groups is 1. The second kappa shape index (κ2) is 6.07. The first-order valence-electron chi connectivity index (χ1n) is 7.87. The van der Waals surface area contributed by atoms with Crippen LogP contribution in [0.5, 0.6) is 0 Å². The fourth-order valence-electron chi connectivity index (χ4n) is 3.54. The van der Waals surface area contributed by atoms with Crippen molar-refractivity contribution in [1.82, 2.24) is 10.2 Å². The number of Topliss-reactive ketones (excluding diaryl/α,β-unsaturated/α-hetero) is 1. The van der Waals surface area contributed by atoms with Gasteiger partial charge in [0.1, 0.15) is 5.54 Å². The molecule has 122 valence electrons. The van der Waals surface area contributed by atoms with Crippen molar-refractivity contribution in [2.24, 2.45) is 5.92 Å². The number of imide groups is 1. The van der Waals surface area contributed by atoms with Gasteiger partial charge in [-0.1, -0.05) is 47.8 Å². The number of rotatable bonds is 3. The maximum atomic E-state index is 12.8. The van der Waals surface area contributed by atoms with Crippen LogP contribution in [0, 0.1) is 5.92 Å². The molecule has 3 rings (SSSR count). The smallest absolute Gasteiger partial charge is 0.323 e. The Balaban J connectivity index is 1.79. The van der Waals surface area contributed by atoms with Crippen LogP contribution in [-0.4, -0.2) is 34.7 Å².